The second-order valence-corrected chi connectivity index (χ2v) is 13.9. The molecule has 0 radical (unpaired) electrons. The van der Waals surface area contributed by atoms with Gasteiger partial charge in [-0.15, -0.1) is 0 Å². The zero-order valence-corrected chi connectivity index (χ0v) is 33.5. The van der Waals surface area contributed by atoms with E-state index in [1.807, 2.05) is 24.3 Å². The van der Waals surface area contributed by atoms with Crippen molar-refractivity contribution in [2.24, 2.45) is 22.2 Å². The van der Waals surface area contributed by atoms with E-state index in [0.717, 1.165) is 15.8 Å². The van der Waals surface area contributed by atoms with Crippen LogP contribution in [0.15, 0.2) is 65.8 Å². The quantitative estimate of drug-likeness (QED) is 0.0237. The summed E-state index contributed by atoms with van der Waals surface area (Å²) in [6.07, 6.45) is 1.96. The fraction of sp³-hybridized carbons (Fsp3) is 0.405. The largest absolute Gasteiger partial charge is 0.370 e. The van der Waals surface area contributed by atoms with Crippen molar-refractivity contribution in [3.05, 3.63) is 71.9 Å². The topological polar surface area (TPSA) is 289 Å². The van der Waals surface area contributed by atoms with Gasteiger partial charge in [0.2, 0.25) is 41.4 Å². The minimum atomic E-state index is -1.27. The van der Waals surface area contributed by atoms with Gasteiger partial charge < -0.3 is 53.7 Å². The Morgan fingerprint density at radius 1 is 0.754 bits per heavy atom. The number of thiol groups is 2. The number of carbonyl (C=O) groups excluding carboxylic acids is 7. The maximum atomic E-state index is 14.2. The summed E-state index contributed by atoms with van der Waals surface area (Å²) in [5.74, 6) is -5.03. The Hall–Kier alpha value is -5.76. The molecule has 0 saturated heterocycles. The van der Waals surface area contributed by atoms with Crippen molar-refractivity contribution in [2.45, 2.75) is 62.8 Å². The SMILES string of the molecule is CC(=O)N[C@@H](CS)C(=O)NCC(=O)N(C)[C@H](Cc1ccccc1)C(=O)N[C@@H](CCCN=C(N)N)C(=O)N[C@@H](Cc1c[nH]c2ccccc12)C(=O)N[C@@H](CS)C(N)=O. The summed E-state index contributed by atoms with van der Waals surface area (Å²) >= 11 is 8.21. The molecule has 0 unspecified atom stereocenters. The molecule has 57 heavy (non-hydrogen) atoms. The van der Waals surface area contributed by atoms with Crippen LogP contribution >= 0.6 is 25.3 Å². The number of H-pyrrole nitrogens is 1. The predicted octanol–water partition coefficient (Wildman–Crippen LogP) is -1.75. The van der Waals surface area contributed by atoms with Gasteiger partial charge in [-0.2, -0.15) is 25.3 Å². The first kappa shape index (κ1) is 45.6. The number of fused-ring (bicyclic) bond motifs is 1. The van der Waals surface area contributed by atoms with E-state index in [1.54, 1.807) is 36.5 Å². The average molecular weight is 826 g/mol. The van der Waals surface area contributed by atoms with Crippen LogP contribution in [0.25, 0.3) is 10.9 Å². The van der Waals surface area contributed by atoms with Crippen LogP contribution in [0.1, 0.15) is 30.9 Å². The van der Waals surface area contributed by atoms with Crippen molar-refractivity contribution in [3.8, 4) is 0 Å². The number of primary amides is 1. The number of likely N-dealkylation sites (N-methyl/N-ethyl adjacent to an activating group) is 1. The highest BCUT2D eigenvalue weighted by Gasteiger charge is 2.33. The maximum absolute atomic E-state index is 14.2. The molecule has 0 fully saturated rings. The maximum Gasteiger partial charge on any atom is 0.243 e. The van der Waals surface area contributed by atoms with E-state index in [2.05, 4.69) is 61.8 Å². The lowest BCUT2D eigenvalue weighted by Gasteiger charge is -2.30. The number of para-hydroxylation sites is 1. The number of aromatic nitrogens is 1. The van der Waals surface area contributed by atoms with Crippen LogP contribution in [0.2, 0.25) is 0 Å². The fourth-order valence-corrected chi connectivity index (χ4v) is 6.32. The standard InChI is InChI=1S/C37H51N11O7S2/c1-21(49)44-29(20-57)33(52)43-18-31(50)48(2)30(15-22-9-4-3-5-10-22)36(55)45-26(13-8-14-41-37(39)40)34(53)46-27(35(54)47-28(19-56)32(38)51)16-23-17-42-25-12-7-6-11-24(23)25/h3-7,9-12,17,26-30,42,56-57H,8,13-16,18-20H2,1-2H3,(H2,38,51)(H,43,52)(H,44,49)(H,45,55)(H,46,53)(H,47,54)(H4,39,40,41)/t26-,27-,28-,29-,30+/m0/s1. The van der Waals surface area contributed by atoms with Crippen molar-refractivity contribution in [3.63, 3.8) is 0 Å². The lowest BCUT2D eigenvalue weighted by atomic mass is 10.0. The third-order valence-corrected chi connectivity index (χ3v) is 9.61. The molecule has 3 rings (SSSR count). The summed E-state index contributed by atoms with van der Waals surface area (Å²) in [4.78, 5) is 100.0. The highest BCUT2D eigenvalue weighted by atomic mass is 32.1. The number of hydrogen-bond donors (Lipinski definition) is 11. The molecule has 0 aliphatic carbocycles. The number of nitrogens with zero attached hydrogens (tertiary/aromatic N) is 2. The highest BCUT2D eigenvalue weighted by Crippen LogP contribution is 2.20. The summed E-state index contributed by atoms with van der Waals surface area (Å²) in [6, 6.07) is 10.4. The van der Waals surface area contributed by atoms with Crippen LogP contribution in [0, 0.1) is 0 Å². The van der Waals surface area contributed by atoms with Crippen LogP contribution in [0.5, 0.6) is 0 Å². The summed E-state index contributed by atoms with van der Waals surface area (Å²) in [6.45, 7) is 0.843. The molecular formula is C37H51N11O7S2. The first-order chi connectivity index (χ1) is 27.1. The van der Waals surface area contributed by atoms with E-state index in [1.165, 1.54) is 14.0 Å². The Labute approximate surface area is 341 Å². The van der Waals surface area contributed by atoms with Gasteiger partial charge in [0.1, 0.15) is 30.2 Å². The summed E-state index contributed by atoms with van der Waals surface area (Å²) in [7, 11) is 1.39. The number of guanidine groups is 1. The number of nitrogens with one attached hydrogen (secondary N) is 6. The van der Waals surface area contributed by atoms with E-state index in [9.17, 15) is 33.6 Å². The highest BCUT2D eigenvalue weighted by molar-refractivity contribution is 7.80. The van der Waals surface area contributed by atoms with Crippen molar-refractivity contribution in [2.75, 3.05) is 31.6 Å². The first-order valence-corrected chi connectivity index (χ1v) is 19.3. The van der Waals surface area contributed by atoms with Crippen LogP contribution in [0.3, 0.4) is 0 Å². The summed E-state index contributed by atoms with van der Waals surface area (Å²) in [5, 5.41) is 13.8. The monoisotopic (exact) mass is 825 g/mol. The number of benzene rings is 2. The molecule has 12 N–H and O–H groups in total. The molecule has 5 atom stereocenters. The van der Waals surface area contributed by atoms with E-state index < -0.39 is 78.1 Å². The Kier molecular flexibility index (Phi) is 18.2. The third-order valence-electron chi connectivity index (χ3n) is 8.88. The molecule has 0 saturated carbocycles. The lowest BCUT2D eigenvalue weighted by molar-refractivity contribution is -0.140. The van der Waals surface area contributed by atoms with Crippen LogP contribution in [0.4, 0.5) is 0 Å². The van der Waals surface area contributed by atoms with E-state index >= 15 is 0 Å². The number of rotatable bonds is 22. The average Bonchev–Trinajstić information content (AvgIpc) is 3.59. The van der Waals surface area contributed by atoms with Crippen molar-refractivity contribution in [1.82, 2.24) is 36.5 Å². The van der Waals surface area contributed by atoms with Gasteiger partial charge in [0.05, 0.1) is 6.54 Å². The van der Waals surface area contributed by atoms with Gasteiger partial charge in [0.25, 0.3) is 0 Å². The zero-order chi connectivity index (χ0) is 42.1. The van der Waals surface area contributed by atoms with Gasteiger partial charge in [-0.25, -0.2) is 0 Å². The van der Waals surface area contributed by atoms with E-state index in [4.69, 9.17) is 17.2 Å². The Bertz CT molecular complexity index is 1910. The molecule has 7 amide bonds. The van der Waals surface area contributed by atoms with Gasteiger partial charge in [-0.05, 0) is 30.0 Å². The van der Waals surface area contributed by atoms with Gasteiger partial charge in [0.15, 0.2) is 5.96 Å². The molecule has 0 aliphatic rings. The third kappa shape index (κ3) is 14.4. The minimum Gasteiger partial charge on any atom is -0.370 e. The second kappa shape index (κ2) is 22.7. The fourth-order valence-electron chi connectivity index (χ4n) is 5.79. The lowest BCUT2D eigenvalue weighted by Crippen LogP contribution is -2.59. The molecular weight excluding hydrogens is 775 g/mol. The summed E-state index contributed by atoms with van der Waals surface area (Å²) < 4.78 is 0. The van der Waals surface area contributed by atoms with Crippen molar-refractivity contribution in [1.29, 1.82) is 0 Å². The predicted molar refractivity (Wildman–Crippen MR) is 222 cm³/mol. The number of aliphatic imine (C=N–C) groups is 1. The Morgan fingerprint density at radius 3 is 2.00 bits per heavy atom. The Morgan fingerprint density at radius 2 is 1.37 bits per heavy atom. The van der Waals surface area contributed by atoms with E-state index in [0.29, 0.717) is 11.1 Å². The molecule has 0 aliphatic heterocycles. The van der Waals surface area contributed by atoms with Crippen LogP contribution in [-0.2, 0) is 46.4 Å². The van der Waals surface area contributed by atoms with Crippen LogP contribution < -0.4 is 43.8 Å². The number of amides is 7. The number of nitrogens with two attached hydrogens (primary N) is 3. The zero-order valence-electron chi connectivity index (χ0n) is 31.7. The van der Waals surface area contributed by atoms with Gasteiger partial charge in [0, 0.05) is 62.0 Å². The molecule has 3 aromatic rings. The van der Waals surface area contributed by atoms with Crippen molar-refractivity contribution < 1.29 is 33.6 Å². The Balaban J connectivity index is 1.92. The molecule has 2 aromatic carbocycles. The number of aromatic amines is 1. The smallest absolute Gasteiger partial charge is 0.243 e. The first-order valence-electron chi connectivity index (χ1n) is 18.0. The number of carbonyl (C=O) groups is 7. The molecule has 18 nitrogen and oxygen atoms in total. The minimum absolute atomic E-state index is 0.0100. The molecule has 1 heterocycles. The molecule has 308 valence electrons. The van der Waals surface area contributed by atoms with Gasteiger partial charge >= 0.3 is 0 Å². The summed E-state index contributed by atoms with van der Waals surface area (Å²) in [5.41, 5.74) is 18.6. The molecule has 0 bridgehead atoms. The molecule has 20 heteroatoms. The van der Waals surface area contributed by atoms with Crippen molar-refractivity contribution >= 4 is 83.5 Å². The second-order valence-electron chi connectivity index (χ2n) is 13.1. The normalized spacial score (nSPS) is 13.5. The number of hydrogen-bond acceptors (Lipinski definition) is 10. The molecule has 1 aromatic heterocycles. The van der Waals surface area contributed by atoms with E-state index in [-0.39, 0.29) is 49.7 Å². The van der Waals surface area contributed by atoms with Gasteiger partial charge in [-0.3, -0.25) is 38.6 Å². The van der Waals surface area contributed by atoms with Gasteiger partial charge in [-0.1, -0.05) is 48.5 Å². The van der Waals surface area contributed by atoms with Crippen LogP contribution in [-0.4, -0.2) is 119 Å². The molecule has 0 spiro atoms.